The van der Waals surface area contributed by atoms with Crippen LogP contribution >= 0.6 is 0 Å². The average Bonchev–Trinajstić information content (AvgIpc) is 2.21. The highest BCUT2D eigenvalue weighted by atomic mass is 16.5. The van der Waals surface area contributed by atoms with Crippen molar-refractivity contribution < 1.29 is 14.3 Å². The molecule has 0 bridgehead atoms. The third-order valence-electron chi connectivity index (χ3n) is 0.756. The molecule has 0 aliphatic carbocycles. The number of ether oxygens (including phenoxy) is 2. The molecule has 0 saturated heterocycles. The van der Waals surface area contributed by atoms with Crippen LogP contribution in [0.4, 0.5) is 0 Å². The fraction of sp³-hybridized carbons (Fsp3) is 0.643. The van der Waals surface area contributed by atoms with E-state index in [1.54, 1.807) is 19.1 Å². The van der Waals surface area contributed by atoms with Gasteiger partial charge in [-0.3, -0.25) is 4.79 Å². The van der Waals surface area contributed by atoms with Gasteiger partial charge < -0.3 is 9.47 Å². The van der Waals surface area contributed by atoms with Crippen LogP contribution in [0.2, 0.25) is 0 Å². The number of carbonyl (C=O) groups is 1. The second-order valence-corrected chi connectivity index (χ2v) is 2.52. The molecule has 0 aromatic heterocycles. The van der Waals surface area contributed by atoms with Gasteiger partial charge in [0.25, 0.3) is 0 Å². The molecule has 0 amide bonds. The van der Waals surface area contributed by atoms with Gasteiger partial charge in [0.1, 0.15) is 0 Å². The van der Waals surface area contributed by atoms with E-state index in [1.807, 2.05) is 27.7 Å². The van der Waals surface area contributed by atoms with E-state index in [-0.39, 0.29) is 5.97 Å². The van der Waals surface area contributed by atoms with Crippen LogP contribution in [0, 0.1) is 0 Å². The second kappa shape index (κ2) is 36.3. The Morgan fingerprint density at radius 3 is 1.29 bits per heavy atom. The maximum Gasteiger partial charge on any atom is 0.302 e. The van der Waals surface area contributed by atoms with Crippen molar-refractivity contribution in [3.63, 3.8) is 0 Å². The number of hydrogen-bond donors (Lipinski definition) is 0. The molecule has 0 rings (SSSR count). The minimum absolute atomic E-state index is 0.211. The van der Waals surface area contributed by atoms with E-state index >= 15 is 0 Å². The van der Waals surface area contributed by atoms with Gasteiger partial charge in [-0.25, -0.2) is 0 Å². The van der Waals surface area contributed by atoms with Crippen LogP contribution in [-0.4, -0.2) is 25.8 Å². The van der Waals surface area contributed by atoms with Gasteiger partial charge in [0, 0.05) is 20.1 Å². The normalized spacial score (nSPS) is 6.71. The SMILES string of the molecule is C=CC.C=CC.CCOC(C)=O.CCOCC. The van der Waals surface area contributed by atoms with Crippen LogP contribution < -0.4 is 0 Å². The van der Waals surface area contributed by atoms with E-state index < -0.39 is 0 Å². The average molecular weight is 246 g/mol. The Bertz CT molecular complexity index is 134. The van der Waals surface area contributed by atoms with E-state index in [9.17, 15) is 4.79 Å². The molecule has 0 radical (unpaired) electrons. The Morgan fingerprint density at radius 1 is 1.00 bits per heavy atom. The third-order valence-corrected chi connectivity index (χ3v) is 0.756. The Labute approximate surface area is 108 Å². The minimum Gasteiger partial charge on any atom is -0.466 e. The molecule has 0 saturated carbocycles. The van der Waals surface area contributed by atoms with Crippen molar-refractivity contribution in [3.8, 4) is 0 Å². The van der Waals surface area contributed by atoms with Gasteiger partial charge in [0.2, 0.25) is 0 Å². The molecule has 0 spiro atoms. The molecule has 3 nitrogen and oxygen atoms in total. The standard InChI is InChI=1S/C4H8O2.C4H10O.2C3H6/c1-3-6-4(2)5;1-3-5-4-2;2*1-3-2/h3H2,1-2H3;3-4H2,1-2H3;2*3H,1H2,2H3. The summed E-state index contributed by atoms with van der Waals surface area (Å²) in [5.74, 6) is -0.211. The molecule has 3 heteroatoms. The van der Waals surface area contributed by atoms with E-state index in [0.717, 1.165) is 13.2 Å². The molecule has 0 N–H and O–H groups in total. The Hall–Kier alpha value is -1.09. The van der Waals surface area contributed by atoms with Crippen molar-refractivity contribution in [1.82, 2.24) is 0 Å². The topological polar surface area (TPSA) is 35.5 Å². The first-order valence-electron chi connectivity index (χ1n) is 5.87. The van der Waals surface area contributed by atoms with Crippen LogP contribution in [0.3, 0.4) is 0 Å². The van der Waals surface area contributed by atoms with E-state index in [2.05, 4.69) is 17.9 Å². The maximum atomic E-state index is 9.82. The van der Waals surface area contributed by atoms with Crippen molar-refractivity contribution in [2.75, 3.05) is 19.8 Å². The zero-order valence-corrected chi connectivity index (χ0v) is 12.4. The monoisotopic (exact) mass is 246 g/mol. The summed E-state index contributed by atoms with van der Waals surface area (Å²) in [7, 11) is 0. The van der Waals surface area contributed by atoms with Crippen LogP contribution in [0.5, 0.6) is 0 Å². The first kappa shape index (κ1) is 24.9. The van der Waals surface area contributed by atoms with Gasteiger partial charge in [-0.2, -0.15) is 0 Å². The molecule has 0 unspecified atom stereocenters. The number of esters is 1. The zero-order valence-electron chi connectivity index (χ0n) is 12.4. The number of hydrogen-bond acceptors (Lipinski definition) is 3. The number of allylic oxidation sites excluding steroid dienone is 2. The molecule has 0 aromatic rings. The Kier molecular flexibility index (Phi) is 53.3. The second-order valence-electron chi connectivity index (χ2n) is 2.52. The smallest absolute Gasteiger partial charge is 0.302 e. The lowest BCUT2D eigenvalue weighted by Gasteiger charge is -1.89. The number of carbonyl (C=O) groups excluding carboxylic acids is 1. The molecule has 0 aliphatic heterocycles. The van der Waals surface area contributed by atoms with Crippen molar-refractivity contribution in [1.29, 1.82) is 0 Å². The molecule has 104 valence electrons. The summed E-state index contributed by atoms with van der Waals surface area (Å²) in [5, 5.41) is 0. The summed E-state index contributed by atoms with van der Waals surface area (Å²) in [4.78, 5) is 9.82. The van der Waals surface area contributed by atoms with Crippen molar-refractivity contribution in [2.24, 2.45) is 0 Å². The summed E-state index contributed by atoms with van der Waals surface area (Å²) >= 11 is 0. The van der Waals surface area contributed by atoms with Crippen molar-refractivity contribution >= 4 is 5.97 Å². The third kappa shape index (κ3) is 163. The summed E-state index contributed by atoms with van der Waals surface area (Å²) in [6, 6.07) is 0. The highest BCUT2D eigenvalue weighted by molar-refractivity contribution is 5.65. The lowest BCUT2D eigenvalue weighted by molar-refractivity contribution is -0.140. The fourth-order valence-electron chi connectivity index (χ4n) is 0.407. The van der Waals surface area contributed by atoms with Crippen LogP contribution in [-0.2, 0) is 14.3 Å². The summed E-state index contributed by atoms with van der Waals surface area (Å²) < 4.78 is 9.24. The lowest BCUT2D eigenvalue weighted by Crippen LogP contribution is -1.95. The minimum atomic E-state index is -0.211. The molecule has 0 atom stereocenters. The van der Waals surface area contributed by atoms with Gasteiger partial charge in [-0.1, -0.05) is 12.2 Å². The molecule has 17 heavy (non-hydrogen) atoms. The summed E-state index contributed by atoms with van der Waals surface area (Å²) in [6.45, 7) is 19.8. The van der Waals surface area contributed by atoms with Crippen molar-refractivity contribution in [3.05, 3.63) is 25.3 Å². The van der Waals surface area contributed by atoms with E-state index in [1.165, 1.54) is 6.92 Å². The Morgan fingerprint density at radius 2 is 1.29 bits per heavy atom. The largest absolute Gasteiger partial charge is 0.466 e. The van der Waals surface area contributed by atoms with Crippen LogP contribution in [0.15, 0.2) is 25.3 Å². The van der Waals surface area contributed by atoms with Gasteiger partial charge >= 0.3 is 5.97 Å². The predicted octanol–water partition coefficient (Wildman–Crippen LogP) is 4.00. The molecule has 0 aromatic carbocycles. The zero-order chi connectivity index (χ0) is 14.5. The van der Waals surface area contributed by atoms with Crippen LogP contribution in [0.25, 0.3) is 0 Å². The molecule has 0 aliphatic rings. The quantitative estimate of drug-likeness (QED) is 0.558. The van der Waals surface area contributed by atoms with Gasteiger partial charge in [-0.05, 0) is 34.6 Å². The van der Waals surface area contributed by atoms with E-state index in [4.69, 9.17) is 4.74 Å². The van der Waals surface area contributed by atoms with Gasteiger partial charge in [-0.15, -0.1) is 13.2 Å². The molecular weight excluding hydrogens is 216 g/mol. The summed E-state index contributed by atoms with van der Waals surface area (Å²) in [6.07, 6.45) is 3.50. The molecular formula is C14H30O3. The highest BCUT2D eigenvalue weighted by Gasteiger charge is 1.81. The first-order valence-corrected chi connectivity index (χ1v) is 5.87. The lowest BCUT2D eigenvalue weighted by atomic mass is 10.8. The van der Waals surface area contributed by atoms with Crippen molar-refractivity contribution in [2.45, 2.75) is 41.5 Å². The van der Waals surface area contributed by atoms with Gasteiger partial charge in [0.05, 0.1) is 6.61 Å². The summed E-state index contributed by atoms with van der Waals surface area (Å²) in [5.41, 5.74) is 0. The maximum absolute atomic E-state index is 9.82. The van der Waals surface area contributed by atoms with E-state index in [0.29, 0.717) is 6.61 Å². The highest BCUT2D eigenvalue weighted by Crippen LogP contribution is 1.69. The molecule has 0 fully saturated rings. The van der Waals surface area contributed by atoms with Gasteiger partial charge in [0.15, 0.2) is 0 Å². The fourth-order valence-corrected chi connectivity index (χ4v) is 0.407. The molecule has 0 heterocycles. The predicted molar refractivity (Wildman–Crippen MR) is 76.2 cm³/mol. The Balaban J connectivity index is -0.0000000698. The van der Waals surface area contributed by atoms with Crippen LogP contribution in [0.1, 0.15) is 41.5 Å². The first-order chi connectivity index (χ1) is 8.01. The number of rotatable bonds is 3.